The summed E-state index contributed by atoms with van der Waals surface area (Å²) in [5, 5.41) is 2.41. The Morgan fingerprint density at radius 2 is 1.31 bits per heavy atom. The highest BCUT2D eigenvalue weighted by Gasteiger charge is 2.42. The van der Waals surface area contributed by atoms with E-state index in [2.05, 4.69) is 26.1 Å². The van der Waals surface area contributed by atoms with Crippen LogP contribution in [0.4, 0.5) is 4.79 Å². The molecule has 0 heterocycles. The van der Waals surface area contributed by atoms with Gasteiger partial charge in [0.15, 0.2) is 0 Å². The van der Waals surface area contributed by atoms with E-state index in [4.69, 9.17) is 13.6 Å². The molecule has 0 fully saturated rings. The van der Waals surface area contributed by atoms with Crippen LogP contribution in [0.25, 0.3) is 0 Å². The van der Waals surface area contributed by atoms with Crippen molar-refractivity contribution in [2.45, 2.75) is 117 Å². The summed E-state index contributed by atoms with van der Waals surface area (Å²) in [6.45, 7) is 24.5. The van der Waals surface area contributed by atoms with Gasteiger partial charge in [-0.05, 0) is 55.0 Å². The maximum absolute atomic E-state index is 12.9. The van der Waals surface area contributed by atoms with Crippen LogP contribution in [0.15, 0.2) is 0 Å². The monoisotopic (exact) mass is 489 g/mol. The lowest BCUT2D eigenvalue weighted by atomic mass is 10.1. The van der Waals surface area contributed by atoms with Crippen LogP contribution in [0, 0.1) is 5.92 Å². The maximum Gasteiger partial charge on any atom is 0.407 e. The van der Waals surface area contributed by atoms with Crippen molar-refractivity contribution in [1.82, 2.24) is 5.32 Å². The Labute approximate surface area is 197 Å². The van der Waals surface area contributed by atoms with E-state index in [-0.39, 0.29) is 41.4 Å². The second-order valence-corrected chi connectivity index (χ2v) is 21.4. The molecule has 0 saturated carbocycles. The topological polar surface area (TPSA) is 90.9 Å². The molecule has 7 nitrogen and oxygen atoms in total. The van der Waals surface area contributed by atoms with Crippen molar-refractivity contribution in [1.29, 1.82) is 0 Å². The van der Waals surface area contributed by atoms with Gasteiger partial charge in [-0.3, -0.25) is 9.59 Å². The molecular formula is C23H47NO6Si2. The number of rotatable bonds is 10. The van der Waals surface area contributed by atoms with E-state index in [0.29, 0.717) is 6.42 Å². The Morgan fingerprint density at radius 1 is 0.844 bits per heavy atom. The fourth-order valence-electron chi connectivity index (χ4n) is 2.09. The van der Waals surface area contributed by atoms with Crippen LogP contribution >= 0.6 is 0 Å². The van der Waals surface area contributed by atoms with Crippen LogP contribution in [0.3, 0.4) is 0 Å². The normalized spacial score (nSPS) is 14.0. The third kappa shape index (κ3) is 10.5. The van der Waals surface area contributed by atoms with E-state index < -0.39 is 34.7 Å². The van der Waals surface area contributed by atoms with Gasteiger partial charge >= 0.3 is 12.1 Å². The first-order chi connectivity index (χ1) is 14.2. The molecule has 0 saturated heterocycles. The summed E-state index contributed by atoms with van der Waals surface area (Å²) < 4.78 is 16.9. The van der Waals surface area contributed by atoms with Crippen LogP contribution in [-0.4, -0.2) is 47.3 Å². The summed E-state index contributed by atoms with van der Waals surface area (Å²) in [5.74, 6) is -0.560. The van der Waals surface area contributed by atoms with Crippen LogP contribution < -0.4 is 5.32 Å². The van der Waals surface area contributed by atoms with Gasteiger partial charge in [0.05, 0.1) is 6.61 Å². The lowest BCUT2D eigenvalue weighted by Crippen LogP contribution is -2.49. The van der Waals surface area contributed by atoms with Crippen LogP contribution in [0.5, 0.6) is 0 Å². The zero-order valence-corrected chi connectivity index (χ0v) is 24.4. The molecular weight excluding hydrogens is 442 g/mol. The molecule has 0 aromatic carbocycles. The molecule has 0 aromatic heterocycles. The second-order valence-electron chi connectivity index (χ2n) is 12.0. The summed E-state index contributed by atoms with van der Waals surface area (Å²) in [4.78, 5) is 37.6. The van der Waals surface area contributed by atoms with E-state index >= 15 is 0 Å². The van der Waals surface area contributed by atoms with Crippen LogP contribution in [0.2, 0.25) is 36.3 Å². The Kier molecular flexibility index (Phi) is 11.2. The number of carbonyl (C=O) groups excluding carboxylic acids is 3. The minimum atomic E-state index is -2.36. The molecule has 1 atom stereocenters. The molecule has 0 aliphatic rings. The lowest BCUT2D eigenvalue weighted by molar-refractivity contribution is -0.139. The molecule has 0 bridgehead atoms. The van der Waals surface area contributed by atoms with Gasteiger partial charge < -0.3 is 18.9 Å². The molecule has 0 rings (SSSR count). The number of carbonyl (C=O) groups is 3. The minimum absolute atomic E-state index is 0.0695. The summed E-state index contributed by atoms with van der Waals surface area (Å²) in [5.41, 5.74) is 0. The molecule has 0 aliphatic heterocycles. The molecule has 0 aliphatic carbocycles. The van der Waals surface area contributed by atoms with Gasteiger partial charge in [-0.1, -0.05) is 55.4 Å². The number of alkyl carbamates (subject to hydrolysis) is 1. The summed E-state index contributed by atoms with van der Waals surface area (Å²) in [6.07, 6.45) is 0.199. The van der Waals surface area contributed by atoms with E-state index in [1.165, 1.54) is 0 Å². The van der Waals surface area contributed by atoms with Gasteiger partial charge in [-0.15, -0.1) is 0 Å². The standard InChI is InChI=1S/C23H47NO6Si2/c1-17(2)16-28-21(27)24-18(20(26)30-32(11,12)23(6,7)8)14-13-15-19(25)29-31(9,10)22(3,4)5/h17-18H,13-16H2,1-12H3,(H,24,27). The fraction of sp³-hybridized carbons (Fsp3) is 0.870. The third-order valence-electron chi connectivity index (χ3n) is 6.34. The predicted octanol–water partition coefficient (Wildman–Crippen LogP) is 6.00. The van der Waals surface area contributed by atoms with Crippen molar-refractivity contribution < 1.29 is 28.0 Å². The average molecular weight is 490 g/mol. The van der Waals surface area contributed by atoms with Crippen molar-refractivity contribution in [2.24, 2.45) is 5.92 Å². The van der Waals surface area contributed by atoms with Gasteiger partial charge in [0, 0.05) is 6.42 Å². The first-order valence-corrected chi connectivity index (χ1v) is 17.4. The van der Waals surface area contributed by atoms with Gasteiger partial charge in [-0.25, -0.2) is 4.79 Å². The zero-order valence-electron chi connectivity index (χ0n) is 22.4. The van der Waals surface area contributed by atoms with E-state index in [0.717, 1.165) is 0 Å². The Morgan fingerprint density at radius 3 is 1.75 bits per heavy atom. The van der Waals surface area contributed by atoms with Crippen LogP contribution in [-0.2, 0) is 23.2 Å². The highest BCUT2D eigenvalue weighted by molar-refractivity contribution is 6.75. The first kappa shape index (κ1) is 30.6. The second kappa shape index (κ2) is 11.7. The van der Waals surface area contributed by atoms with Gasteiger partial charge in [-0.2, -0.15) is 0 Å². The molecule has 1 unspecified atom stereocenters. The third-order valence-corrected chi connectivity index (χ3v) is 15.0. The smallest absolute Gasteiger partial charge is 0.407 e. The van der Waals surface area contributed by atoms with E-state index in [9.17, 15) is 14.4 Å². The molecule has 1 N–H and O–H groups in total. The SMILES string of the molecule is CC(C)COC(=O)NC(CCCC(=O)O[Si](C)(C)C(C)(C)C)C(=O)O[Si](C)(C)C(C)(C)C. The van der Waals surface area contributed by atoms with E-state index in [1.54, 1.807) is 0 Å². The zero-order chi connectivity index (χ0) is 25.5. The van der Waals surface area contributed by atoms with Crippen molar-refractivity contribution in [3.05, 3.63) is 0 Å². The average Bonchev–Trinajstić information content (AvgIpc) is 2.56. The number of hydrogen-bond donors (Lipinski definition) is 1. The van der Waals surface area contributed by atoms with Crippen LogP contribution in [0.1, 0.15) is 74.7 Å². The highest BCUT2D eigenvalue weighted by atomic mass is 28.4. The number of hydrogen-bond acceptors (Lipinski definition) is 6. The largest absolute Gasteiger partial charge is 0.519 e. The predicted molar refractivity (Wildman–Crippen MR) is 134 cm³/mol. The van der Waals surface area contributed by atoms with Crippen molar-refractivity contribution in [2.75, 3.05) is 6.61 Å². The molecule has 188 valence electrons. The Hall–Kier alpha value is -1.36. The van der Waals surface area contributed by atoms with Gasteiger partial charge in [0.25, 0.3) is 22.6 Å². The molecule has 0 radical (unpaired) electrons. The molecule has 9 heteroatoms. The quantitative estimate of drug-likeness (QED) is 0.378. The molecule has 0 aromatic rings. The van der Waals surface area contributed by atoms with Gasteiger partial charge in [0.2, 0.25) is 0 Å². The number of ether oxygens (including phenoxy) is 1. The van der Waals surface area contributed by atoms with Crippen molar-refractivity contribution in [3.63, 3.8) is 0 Å². The molecule has 0 spiro atoms. The fourth-order valence-corrected chi connectivity index (χ4v) is 4.02. The summed E-state index contributed by atoms with van der Waals surface area (Å²) >= 11 is 0. The first-order valence-electron chi connectivity index (χ1n) is 11.6. The number of amides is 1. The minimum Gasteiger partial charge on any atom is -0.519 e. The van der Waals surface area contributed by atoms with Crippen molar-refractivity contribution in [3.8, 4) is 0 Å². The molecule has 1 amide bonds. The Balaban J connectivity index is 5.15. The molecule has 32 heavy (non-hydrogen) atoms. The Bertz CT molecular complexity index is 648. The van der Waals surface area contributed by atoms with Crippen molar-refractivity contribution >= 4 is 34.7 Å². The van der Waals surface area contributed by atoms with E-state index in [1.807, 2.05) is 60.8 Å². The maximum atomic E-state index is 12.9. The lowest BCUT2D eigenvalue weighted by Gasteiger charge is -2.36. The number of nitrogens with one attached hydrogen (secondary N) is 1. The van der Waals surface area contributed by atoms with Gasteiger partial charge in [0.1, 0.15) is 6.04 Å². The summed E-state index contributed by atoms with van der Waals surface area (Å²) in [6, 6.07) is -0.871. The summed E-state index contributed by atoms with van der Waals surface area (Å²) in [7, 11) is -4.55. The highest BCUT2D eigenvalue weighted by Crippen LogP contribution is 2.37.